The molecule has 0 saturated carbocycles. The molecule has 0 saturated heterocycles. The summed E-state index contributed by atoms with van der Waals surface area (Å²) in [5.41, 5.74) is 0.612. The maximum absolute atomic E-state index is 12.1. The largest absolute Gasteiger partial charge is 0.435 e. The number of hydrogen-bond donors (Lipinski definition) is 1. The predicted molar refractivity (Wildman–Crippen MR) is 66.7 cm³/mol. The highest BCUT2D eigenvalue weighted by molar-refractivity contribution is 5.30. The van der Waals surface area contributed by atoms with E-state index in [2.05, 4.69) is 18.6 Å². The first-order valence-corrected chi connectivity index (χ1v) is 6.13. The number of alkyl halides is 2. The second-order valence-corrected chi connectivity index (χ2v) is 5.00. The van der Waals surface area contributed by atoms with Crippen LogP contribution in [0.2, 0.25) is 0 Å². The zero-order valence-corrected chi connectivity index (χ0v) is 10.9. The molecular formula is C14H20F2O2. The normalized spacial score (nSPS) is 14.9. The van der Waals surface area contributed by atoms with Crippen LogP contribution in [-0.2, 0) is 0 Å². The van der Waals surface area contributed by atoms with Gasteiger partial charge < -0.3 is 9.84 Å². The molecule has 0 aliphatic rings. The monoisotopic (exact) mass is 258 g/mol. The Labute approximate surface area is 107 Å². The standard InChI is InChI=1S/C14H20F2O2/c1-9(2)7-10(3)13(17)11-5-4-6-12(8-11)18-14(15)16/h4-6,8-10,13-14,17H,7H2,1-3H3. The van der Waals surface area contributed by atoms with E-state index in [1.165, 1.54) is 12.1 Å². The van der Waals surface area contributed by atoms with E-state index in [-0.39, 0.29) is 11.7 Å². The van der Waals surface area contributed by atoms with Gasteiger partial charge in [-0.05, 0) is 36.0 Å². The summed E-state index contributed by atoms with van der Waals surface area (Å²) in [5.74, 6) is 0.639. The van der Waals surface area contributed by atoms with Crippen molar-refractivity contribution in [3.8, 4) is 5.75 Å². The first kappa shape index (κ1) is 14.9. The van der Waals surface area contributed by atoms with Crippen LogP contribution in [0, 0.1) is 11.8 Å². The van der Waals surface area contributed by atoms with Gasteiger partial charge in [-0.3, -0.25) is 0 Å². The lowest BCUT2D eigenvalue weighted by atomic mass is 9.90. The topological polar surface area (TPSA) is 29.5 Å². The molecule has 0 bridgehead atoms. The molecule has 2 nitrogen and oxygen atoms in total. The van der Waals surface area contributed by atoms with Crippen LogP contribution in [0.15, 0.2) is 24.3 Å². The highest BCUT2D eigenvalue weighted by Gasteiger charge is 2.18. The van der Waals surface area contributed by atoms with Crippen molar-refractivity contribution >= 4 is 0 Å². The third kappa shape index (κ3) is 4.61. The lowest BCUT2D eigenvalue weighted by Crippen LogP contribution is -2.12. The molecule has 1 N–H and O–H groups in total. The van der Waals surface area contributed by atoms with Crippen molar-refractivity contribution < 1.29 is 18.6 Å². The van der Waals surface area contributed by atoms with E-state index >= 15 is 0 Å². The number of rotatable bonds is 6. The van der Waals surface area contributed by atoms with E-state index in [1.807, 2.05) is 6.92 Å². The predicted octanol–water partition coefficient (Wildman–Crippen LogP) is 4.00. The summed E-state index contributed by atoms with van der Waals surface area (Å²) in [6.07, 6.45) is 0.217. The average Bonchev–Trinajstić information content (AvgIpc) is 2.26. The molecule has 0 radical (unpaired) electrons. The molecule has 102 valence electrons. The Balaban J connectivity index is 2.76. The Hall–Kier alpha value is -1.16. The van der Waals surface area contributed by atoms with Crippen LogP contribution in [0.25, 0.3) is 0 Å². The van der Waals surface area contributed by atoms with Crippen LogP contribution in [0.5, 0.6) is 5.75 Å². The lowest BCUT2D eigenvalue weighted by Gasteiger charge is -2.21. The number of aliphatic hydroxyl groups is 1. The molecule has 0 aliphatic carbocycles. The molecule has 0 spiro atoms. The summed E-state index contributed by atoms with van der Waals surface area (Å²) in [5, 5.41) is 10.2. The lowest BCUT2D eigenvalue weighted by molar-refractivity contribution is -0.0500. The molecule has 18 heavy (non-hydrogen) atoms. The fourth-order valence-electron chi connectivity index (χ4n) is 2.08. The van der Waals surface area contributed by atoms with Gasteiger partial charge in [0.05, 0.1) is 6.10 Å². The minimum absolute atomic E-state index is 0.0757. The summed E-state index contributed by atoms with van der Waals surface area (Å²) in [7, 11) is 0. The van der Waals surface area contributed by atoms with E-state index < -0.39 is 12.7 Å². The van der Waals surface area contributed by atoms with Crippen LogP contribution in [0.3, 0.4) is 0 Å². The van der Waals surface area contributed by atoms with Gasteiger partial charge in [0.2, 0.25) is 0 Å². The van der Waals surface area contributed by atoms with Crippen LogP contribution >= 0.6 is 0 Å². The minimum atomic E-state index is -2.84. The molecule has 0 aromatic heterocycles. The molecule has 1 aromatic carbocycles. The highest BCUT2D eigenvalue weighted by Crippen LogP contribution is 2.29. The summed E-state index contributed by atoms with van der Waals surface area (Å²) < 4.78 is 28.5. The zero-order chi connectivity index (χ0) is 13.7. The molecule has 1 rings (SSSR count). The third-order valence-corrected chi connectivity index (χ3v) is 2.81. The summed E-state index contributed by atoms with van der Waals surface area (Å²) >= 11 is 0. The molecule has 0 fully saturated rings. The van der Waals surface area contributed by atoms with Crippen LogP contribution in [0.1, 0.15) is 38.9 Å². The number of aliphatic hydroxyl groups excluding tert-OH is 1. The molecule has 0 heterocycles. The van der Waals surface area contributed by atoms with Crippen LogP contribution in [0.4, 0.5) is 8.78 Å². The van der Waals surface area contributed by atoms with Gasteiger partial charge in [-0.15, -0.1) is 0 Å². The molecule has 1 aromatic rings. The van der Waals surface area contributed by atoms with Crippen molar-refractivity contribution in [2.24, 2.45) is 11.8 Å². The van der Waals surface area contributed by atoms with Crippen molar-refractivity contribution in [3.63, 3.8) is 0 Å². The molecule has 0 amide bonds. The summed E-state index contributed by atoms with van der Waals surface area (Å²) in [4.78, 5) is 0. The fraction of sp³-hybridized carbons (Fsp3) is 0.571. The minimum Gasteiger partial charge on any atom is -0.435 e. The van der Waals surface area contributed by atoms with E-state index in [1.54, 1.807) is 12.1 Å². The highest BCUT2D eigenvalue weighted by atomic mass is 19.3. The molecule has 2 unspecified atom stereocenters. The van der Waals surface area contributed by atoms with Gasteiger partial charge in [0.15, 0.2) is 0 Å². The molecule has 0 aliphatic heterocycles. The maximum atomic E-state index is 12.1. The van der Waals surface area contributed by atoms with E-state index in [0.717, 1.165) is 6.42 Å². The number of hydrogen-bond acceptors (Lipinski definition) is 2. The summed E-state index contributed by atoms with van der Waals surface area (Å²) in [6, 6.07) is 6.25. The Morgan fingerprint density at radius 2 is 1.89 bits per heavy atom. The van der Waals surface area contributed by atoms with Gasteiger partial charge in [0, 0.05) is 0 Å². The van der Waals surface area contributed by atoms with Crippen molar-refractivity contribution in [3.05, 3.63) is 29.8 Å². The Kier molecular flexibility index (Phi) is 5.54. The van der Waals surface area contributed by atoms with Crippen molar-refractivity contribution in [2.75, 3.05) is 0 Å². The fourth-order valence-corrected chi connectivity index (χ4v) is 2.08. The van der Waals surface area contributed by atoms with Gasteiger partial charge in [0.1, 0.15) is 5.75 Å². The zero-order valence-electron chi connectivity index (χ0n) is 10.9. The van der Waals surface area contributed by atoms with Gasteiger partial charge in [-0.1, -0.05) is 32.9 Å². The van der Waals surface area contributed by atoms with Gasteiger partial charge in [-0.25, -0.2) is 0 Å². The average molecular weight is 258 g/mol. The SMILES string of the molecule is CC(C)CC(C)C(O)c1cccc(OC(F)F)c1. The maximum Gasteiger partial charge on any atom is 0.387 e. The van der Waals surface area contributed by atoms with Crippen molar-refractivity contribution in [2.45, 2.75) is 39.9 Å². The smallest absolute Gasteiger partial charge is 0.387 e. The second kappa shape index (κ2) is 6.69. The molecule has 2 atom stereocenters. The van der Waals surface area contributed by atoms with Gasteiger partial charge >= 0.3 is 6.61 Å². The Morgan fingerprint density at radius 1 is 1.22 bits per heavy atom. The van der Waals surface area contributed by atoms with Crippen LogP contribution < -0.4 is 4.74 Å². The van der Waals surface area contributed by atoms with E-state index in [4.69, 9.17) is 0 Å². The van der Waals surface area contributed by atoms with Crippen molar-refractivity contribution in [1.82, 2.24) is 0 Å². The quantitative estimate of drug-likeness (QED) is 0.835. The van der Waals surface area contributed by atoms with Gasteiger partial charge in [0.25, 0.3) is 0 Å². The molecular weight excluding hydrogens is 238 g/mol. The number of halogens is 2. The van der Waals surface area contributed by atoms with Gasteiger partial charge in [-0.2, -0.15) is 8.78 Å². The van der Waals surface area contributed by atoms with Crippen LogP contribution in [-0.4, -0.2) is 11.7 Å². The van der Waals surface area contributed by atoms with E-state index in [9.17, 15) is 13.9 Å². The second-order valence-electron chi connectivity index (χ2n) is 5.00. The Morgan fingerprint density at radius 3 is 2.44 bits per heavy atom. The third-order valence-electron chi connectivity index (χ3n) is 2.81. The first-order valence-electron chi connectivity index (χ1n) is 6.13. The number of benzene rings is 1. The summed E-state index contributed by atoms with van der Waals surface area (Å²) in [6.45, 7) is 3.27. The Bertz CT molecular complexity index is 367. The van der Waals surface area contributed by atoms with E-state index in [0.29, 0.717) is 11.5 Å². The number of ether oxygens (including phenoxy) is 1. The first-order chi connectivity index (χ1) is 8.40. The molecule has 4 heteroatoms. The van der Waals surface area contributed by atoms with Crippen molar-refractivity contribution in [1.29, 1.82) is 0 Å².